The van der Waals surface area contributed by atoms with Gasteiger partial charge >= 0.3 is 0 Å². The number of ether oxygens (including phenoxy) is 1. The molecule has 5 nitrogen and oxygen atoms in total. The molecule has 0 aromatic heterocycles. The molecule has 2 rings (SSSR count). The average molecular weight is 365 g/mol. The maximum Gasteiger partial charge on any atom is 0.257 e. The lowest BCUT2D eigenvalue weighted by Crippen LogP contribution is -2.18. The summed E-state index contributed by atoms with van der Waals surface area (Å²) >= 11 is 0. The Morgan fingerprint density at radius 2 is 1.88 bits per heavy atom. The Morgan fingerprint density at radius 3 is 2.56 bits per heavy atom. The summed E-state index contributed by atoms with van der Waals surface area (Å²) in [5, 5.41) is 2.60. The van der Waals surface area contributed by atoms with Crippen molar-refractivity contribution < 1.29 is 22.3 Å². The molecule has 0 atom stereocenters. The predicted octanol–water partition coefficient (Wildman–Crippen LogP) is 3.66. The third-order valence-corrected chi connectivity index (χ3v) is 5.40. The molecule has 134 valence electrons. The van der Waals surface area contributed by atoms with Gasteiger partial charge in [-0.25, -0.2) is 12.8 Å². The maximum atomic E-state index is 13.4. The fourth-order valence-electron chi connectivity index (χ4n) is 2.37. The van der Waals surface area contributed by atoms with Gasteiger partial charge in [-0.3, -0.25) is 4.79 Å². The van der Waals surface area contributed by atoms with Crippen molar-refractivity contribution in [3.05, 3.63) is 53.8 Å². The van der Waals surface area contributed by atoms with Crippen LogP contribution in [0, 0.1) is 5.82 Å². The van der Waals surface area contributed by atoms with Gasteiger partial charge in [0.05, 0.1) is 28.5 Å². The third-order valence-electron chi connectivity index (χ3n) is 3.43. The van der Waals surface area contributed by atoms with E-state index in [2.05, 4.69) is 5.32 Å². The number of rotatable bonds is 7. The van der Waals surface area contributed by atoms with Gasteiger partial charge in [-0.1, -0.05) is 19.1 Å². The minimum absolute atomic E-state index is 0.0191. The molecule has 0 bridgehead atoms. The molecule has 0 radical (unpaired) electrons. The minimum Gasteiger partial charge on any atom is -0.492 e. The highest BCUT2D eigenvalue weighted by Gasteiger charge is 2.22. The third kappa shape index (κ3) is 4.57. The van der Waals surface area contributed by atoms with E-state index in [1.807, 2.05) is 0 Å². The Kier molecular flexibility index (Phi) is 6.14. The maximum absolute atomic E-state index is 13.4. The van der Waals surface area contributed by atoms with Crippen LogP contribution in [-0.4, -0.2) is 26.7 Å². The lowest BCUT2D eigenvalue weighted by molar-refractivity contribution is 0.102. The molecule has 0 aliphatic rings. The quantitative estimate of drug-likeness (QED) is 0.813. The highest BCUT2D eigenvalue weighted by molar-refractivity contribution is 7.91. The normalized spacial score (nSPS) is 11.2. The second-order valence-electron chi connectivity index (χ2n) is 5.34. The fourth-order valence-corrected chi connectivity index (χ4v) is 3.91. The van der Waals surface area contributed by atoms with E-state index in [0.29, 0.717) is 13.0 Å². The number of nitrogens with one attached hydrogen (secondary N) is 1. The van der Waals surface area contributed by atoms with Gasteiger partial charge in [0.1, 0.15) is 11.6 Å². The van der Waals surface area contributed by atoms with Gasteiger partial charge < -0.3 is 10.1 Å². The van der Waals surface area contributed by atoms with Crippen molar-refractivity contribution in [3.63, 3.8) is 0 Å². The van der Waals surface area contributed by atoms with Crippen LogP contribution in [0.25, 0.3) is 0 Å². The van der Waals surface area contributed by atoms with Gasteiger partial charge in [0.25, 0.3) is 5.91 Å². The molecule has 25 heavy (non-hydrogen) atoms. The van der Waals surface area contributed by atoms with Crippen molar-refractivity contribution in [1.82, 2.24) is 0 Å². The SMILES string of the molecule is CCCS(=O)(=O)c1ccccc1C(=O)Nc1ccc(F)cc1OCC. The van der Waals surface area contributed by atoms with Crippen LogP contribution in [0.1, 0.15) is 30.6 Å². The summed E-state index contributed by atoms with van der Waals surface area (Å²) in [6, 6.07) is 9.75. The van der Waals surface area contributed by atoms with Crippen LogP contribution in [0.3, 0.4) is 0 Å². The van der Waals surface area contributed by atoms with E-state index in [4.69, 9.17) is 4.74 Å². The summed E-state index contributed by atoms with van der Waals surface area (Å²) in [5.74, 6) is -0.946. The van der Waals surface area contributed by atoms with Gasteiger partial charge in [-0.15, -0.1) is 0 Å². The van der Waals surface area contributed by atoms with Crippen LogP contribution in [0.2, 0.25) is 0 Å². The smallest absolute Gasteiger partial charge is 0.257 e. The van der Waals surface area contributed by atoms with Gasteiger partial charge in [-0.05, 0) is 37.6 Å². The molecular weight excluding hydrogens is 345 g/mol. The number of halogens is 1. The second kappa shape index (κ2) is 8.11. The largest absolute Gasteiger partial charge is 0.492 e. The van der Waals surface area contributed by atoms with Gasteiger partial charge in [0, 0.05) is 6.07 Å². The summed E-state index contributed by atoms with van der Waals surface area (Å²) in [5.41, 5.74) is 0.318. The molecule has 0 fully saturated rings. The predicted molar refractivity (Wildman–Crippen MR) is 94.3 cm³/mol. The number of anilines is 1. The number of hydrogen-bond donors (Lipinski definition) is 1. The molecule has 2 aromatic carbocycles. The molecule has 2 aromatic rings. The van der Waals surface area contributed by atoms with Crippen LogP contribution in [0.15, 0.2) is 47.4 Å². The van der Waals surface area contributed by atoms with Crippen molar-refractivity contribution in [3.8, 4) is 5.75 Å². The number of carbonyl (C=O) groups excluding carboxylic acids is 1. The van der Waals surface area contributed by atoms with E-state index in [-0.39, 0.29) is 27.6 Å². The minimum atomic E-state index is -3.56. The monoisotopic (exact) mass is 365 g/mol. The van der Waals surface area contributed by atoms with Crippen molar-refractivity contribution in [2.45, 2.75) is 25.2 Å². The Hall–Kier alpha value is -2.41. The van der Waals surface area contributed by atoms with Crippen molar-refractivity contribution >= 4 is 21.4 Å². The fraction of sp³-hybridized carbons (Fsp3) is 0.278. The molecule has 0 saturated carbocycles. The van der Waals surface area contributed by atoms with Crippen LogP contribution >= 0.6 is 0 Å². The summed E-state index contributed by atoms with van der Waals surface area (Å²) in [4.78, 5) is 12.6. The van der Waals surface area contributed by atoms with Crippen LogP contribution in [0.4, 0.5) is 10.1 Å². The first-order chi connectivity index (χ1) is 11.9. The van der Waals surface area contributed by atoms with Crippen LogP contribution in [-0.2, 0) is 9.84 Å². The molecular formula is C18H20FNO4S. The molecule has 0 saturated heterocycles. The first-order valence-electron chi connectivity index (χ1n) is 7.94. The molecule has 0 unspecified atom stereocenters. The van der Waals surface area contributed by atoms with E-state index in [1.165, 1.54) is 30.3 Å². The number of carbonyl (C=O) groups is 1. The van der Waals surface area contributed by atoms with E-state index < -0.39 is 21.6 Å². The lowest BCUT2D eigenvalue weighted by Gasteiger charge is -2.13. The second-order valence-corrected chi connectivity index (χ2v) is 7.42. The van der Waals surface area contributed by atoms with Crippen molar-refractivity contribution in [1.29, 1.82) is 0 Å². The Balaban J connectivity index is 2.38. The number of sulfone groups is 1. The van der Waals surface area contributed by atoms with E-state index >= 15 is 0 Å². The Morgan fingerprint density at radius 1 is 1.16 bits per heavy atom. The first kappa shape index (κ1) is 18.9. The van der Waals surface area contributed by atoms with Gasteiger partial charge in [0.15, 0.2) is 9.84 Å². The summed E-state index contributed by atoms with van der Waals surface area (Å²) < 4.78 is 43.4. The van der Waals surface area contributed by atoms with Crippen LogP contribution < -0.4 is 10.1 Å². The first-order valence-corrected chi connectivity index (χ1v) is 9.59. The number of hydrogen-bond acceptors (Lipinski definition) is 4. The zero-order valence-electron chi connectivity index (χ0n) is 14.1. The summed E-state index contributed by atoms with van der Waals surface area (Å²) in [7, 11) is -3.56. The standard InChI is InChI=1S/C18H20FNO4S/c1-3-11-25(22,23)17-8-6-5-7-14(17)18(21)20-15-10-9-13(19)12-16(15)24-4-2/h5-10,12H,3-4,11H2,1-2H3,(H,20,21). The zero-order chi connectivity index (χ0) is 18.4. The van der Waals surface area contributed by atoms with Gasteiger partial charge in [0.2, 0.25) is 0 Å². The highest BCUT2D eigenvalue weighted by atomic mass is 32.2. The van der Waals surface area contributed by atoms with Crippen molar-refractivity contribution in [2.24, 2.45) is 0 Å². The highest BCUT2D eigenvalue weighted by Crippen LogP contribution is 2.27. The lowest BCUT2D eigenvalue weighted by atomic mass is 10.2. The summed E-state index contributed by atoms with van der Waals surface area (Å²) in [6.07, 6.45) is 0.449. The number of amides is 1. The van der Waals surface area contributed by atoms with Gasteiger partial charge in [-0.2, -0.15) is 0 Å². The van der Waals surface area contributed by atoms with Crippen LogP contribution in [0.5, 0.6) is 5.75 Å². The molecule has 1 amide bonds. The Bertz CT molecular complexity index is 865. The van der Waals surface area contributed by atoms with E-state index in [9.17, 15) is 17.6 Å². The molecule has 0 heterocycles. The Labute approximate surface area is 146 Å². The molecule has 0 aliphatic heterocycles. The zero-order valence-corrected chi connectivity index (χ0v) is 14.9. The molecule has 7 heteroatoms. The molecule has 0 aliphatic carbocycles. The topological polar surface area (TPSA) is 72.5 Å². The van der Waals surface area contributed by atoms with Crippen molar-refractivity contribution in [2.75, 3.05) is 17.7 Å². The molecule has 0 spiro atoms. The van der Waals surface area contributed by atoms with E-state index in [0.717, 1.165) is 0 Å². The molecule has 1 N–H and O–H groups in total. The summed E-state index contributed by atoms with van der Waals surface area (Å²) in [6.45, 7) is 3.80. The van der Waals surface area contributed by atoms with E-state index in [1.54, 1.807) is 26.0 Å². The number of benzene rings is 2. The average Bonchev–Trinajstić information content (AvgIpc) is 2.57.